The van der Waals surface area contributed by atoms with Gasteiger partial charge >= 0.3 is 0 Å². The average Bonchev–Trinajstić information content (AvgIpc) is 2.21. The molecule has 0 spiro atoms. The zero-order valence-corrected chi connectivity index (χ0v) is 12.2. The molecular weight excluding hydrogens is 228 g/mol. The summed E-state index contributed by atoms with van der Waals surface area (Å²) in [5.74, 6) is 1.16. The Bertz CT molecular complexity index is 317. The predicted octanol–water partition coefficient (Wildman–Crippen LogP) is 3.57. The highest BCUT2D eigenvalue weighted by atomic mass is 32.2. The number of thioether (sulfide) groups is 1. The van der Waals surface area contributed by atoms with Gasteiger partial charge in [0, 0.05) is 11.7 Å². The molecule has 17 heavy (non-hydrogen) atoms. The maximum Gasteiger partial charge on any atom is 0.0965 e. The molecule has 1 rings (SSSR count). The van der Waals surface area contributed by atoms with Crippen molar-refractivity contribution in [3.63, 3.8) is 0 Å². The van der Waals surface area contributed by atoms with Gasteiger partial charge in [0.15, 0.2) is 0 Å². The second-order valence-electron chi connectivity index (χ2n) is 4.79. The third-order valence-corrected chi connectivity index (χ3v) is 3.45. The summed E-state index contributed by atoms with van der Waals surface area (Å²) >= 11 is 1.87. The molecule has 0 aliphatic heterocycles. The van der Waals surface area contributed by atoms with Gasteiger partial charge in [0.1, 0.15) is 0 Å². The quantitative estimate of drug-likeness (QED) is 0.593. The molecule has 1 aromatic rings. The van der Waals surface area contributed by atoms with E-state index < -0.39 is 0 Å². The number of nitrogens with one attached hydrogen (secondary N) is 1. The van der Waals surface area contributed by atoms with E-state index in [0.29, 0.717) is 6.04 Å². The van der Waals surface area contributed by atoms with Crippen LogP contribution in [0.3, 0.4) is 0 Å². The van der Waals surface area contributed by atoms with Crippen molar-refractivity contribution in [1.82, 2.24) is 10.3 Å². The molecule has 2 nitrogen and oxygen atoms in total. The number of aryl methyl sites for hydroxylation is 2. The molecule has 0 aliphatic carbocycles. The van der Waals surface area contributed by atoms with Crippen molar-refractivity contribution in [3.8, 4) is 0 Å². The fraction of sp³-hybridized carbons (Fsp3) is 0.643. The lowest BCUT2D eigenvalue weighted by Crippen LogP contribution is -2.23. The van der Waals surface area contributed by atoms with Gasteiger partial charge < -0.3 is 5.32 Å². The van der Waals surface area contributed by atoms with Gasteiger partial charge in [-0.15, -0.1) is 11.8 Å². The van der Waals surface area contributed by atoms with E-state index in [4.69, 9.17) is 0 Å². The summed E-state index contributed by atoms with van der Waals surface area (Å²) in [5, 5.41) is 4.60. The van der Waals surface area contributed by atoms with Crippen molar-refractivity contribution >= 4 is 11.8 Å². The molecule has 0 radical (unpaired) electrons. The molecule has 0 fully saturated rings. The van der Waals surface area contributed by atoms with Crippen molar-refractivity contribution in [2.45, 2.75) is 51.6 Å². The molecule has 0 aromatic carbocycles. The lowest BCUT2D eigenvalue weighted by Gasteiger charge is -2.07. The Morgan fingerprint density at radius 3 is 2.65 bits per heavy atom. The highest BCUT2D eigenvalue weighted by molar-refractivity contribution is 7.99. The number of hydrogen-bond donors (Lipinski definition) is 1. The van der Waals surface area contributed by atoms with Gasteiger partial charge in [-0.3, -0.25) is 0 Å². The van der Waals surface area contributed by atoms with Gasteiger partial charge in [-0.1, -0.05) is 13.8 Å². The van der Waals surface area contributed by atoms with E-state index in [-0.39, 0.29) is 0 Å². The van der Waals surface area contributed by atoms with Crippen LogP contribution < -0.4 is 5.32 Å². The summed E-state index contributed by atoms with van der Waals surface area (Å²) in [6.07, 6.45) is 2.50. The average molecular weight is 252 g/mol. The Morgan fingerprint density at radius 1 is 1.24 bits per heavy atom. The molecule has 1 N–H and O–H groups in total. The van der Waals surface area contributed by atoms with Crippen LogP contribution >= 0.6 is 11.8 Å². The SMILES string of the molecule is Cc1cc(C)nc(SCCCCNC(C)C)c1. The van der Waals surface area contributed by atoms with Crippen LogP contribution in [0.25, 0.3) is 0 Å². The maximum atomic E-state index is 4.53. The summed E-state index contributed by atoms with van der Waals surface area (Å²) in [7, 11) is 0. The van der Waals surface area contributed by atoms with Crippen molar-refractivity contribution in [1.29, 1.82) is 0 Å². The minimum Gasteiger partial charge on any atom is -0.315 e. The number of hydrogen-bond acceptors (Lipinski definition) is 3. The molecule has 0 atom stereocenters. The first-order chi connectivity index (χ1) is 8.08. The van der Waals surface area contributed by atoms with Crippen molar-refractivity contribution in [3.05, 3.63) is 23.4 Å². The second-order valence-corrected chi connectivity index (χ2v) is 5.90. The van der Waals surface area contributed by atoms with Crippen molar-refractivity contribution in [2.75, 3.05) is 12.3 Å². The molecule has 0 amide bonds. The fourth-order valence-corrected chi connectivity index (χ4v) is 2.71. The number of rotatable bonds is 7. The molecule has 0 aliphatic rings. The summed E-state index contributed by atoms with van der Waals surface area (Å²) in [6, 6.07) is 4.89. The third-order valence-electron chi connectivity index (χ3n) is 2.45. The van der Waals surface area contributed by atoms with Gasteiger partial charge in [-0.25, -0.2) is 4.98 Å². The number of nitrogens with zero attached hydrogens (tertiary/aromatic N) is 1. The lowest BCUT2D eigenvalue weighted by atomic mass is 10.3. The van der Waals surface area contributed by atoms with Crippen LogP contribution in [0.2, 0.25) is 0 Å². The summed E-state index contributed by atoms with van der Waals surface area (Å²) in [5.41, 5.74) is 2.43. The van der Waals surface area contributed by atoms with E-state index in [1.54, 1.807) is 0 Å². The molecule has 0 saturated heterocycles. The van der Waals surface area contributed by atoms with Crippen LogP contribution in [0, 0.1) is 13.8 Å². The maximum absolute atomic E-state index is 4.53. The van der Waals surface area contributed by atoms with Gasteiger partial charge in [0.05, 0.1) is 5.03 Å². The van der Waals surface area contributed by atoms with E-state index in [2.05, 4.69) is 50.1 Å². The van der Waals surface area contributed by atoms with Crippen LogP contribution in [-0.4, -0.2) is 23.3 Å². The fourth-order valence-electron chi connectivity index (χ4n) is 1.67. The molecule has 1 heterocycles. The Labute approximate surface area is 110 Å². The number of aromatic nitrogens is 1. The van der Waals surface area contributed by atoms with Gasteiger partial charge in [0.2, 0.25) is 0 Å². The highest BCUT2D eigenvalue weighted by Crippen LogP contribution is 2.18. The monoisotopic (exact) mass is 252 g/mol. The normalized spacial score (nSPS) is 11.1. The van der Waals surface area contributed by atoms with Crippen LogP contribution in [-0.2, 0) is 0 Å². The van der Waals surface area contributed by atoms with Crippen LogP contribution in [0.15, 0.2) is 17.2 Å². The molecule has 1 aromatic heterocycles. The lowest BCUT2D eigenvalue weighted by molar-refractivity contribution is 0.567. The van der Waals surface area contributed by atoms with Crippen LogP contribution in [0.1, 0.15) is 37.9 Å². The minimum absolute atomic E-state index is 0.601. The van der Waals surface area contributed by atoms with E-state index in [1.807, 2.05) is 11.8 Å². The van der Waals surface area contributed by atoms with Gasteiger partial charge in [-0.05, 0) is 56.7 Å². The van der Waals surface area contributed by atoms with Crippen LogP contribution in [0.5, 0.6) is 0 Å². The molecule has 0 saturated carbocycles. The van der Waals surface area contributed by atoms with Crippen molar-refractivity contribution < 1.29 is 0 Å². The largest absolute Gasteiger partial charge is 0.315 e. The molecule has 0 bridgehead atoms. The first kappa shape index (κ1) is 14.5. The number of unbranched alkanes of at least 4 members (excludes halogenated alkanes) is 1. The predicted molar refractivity (Wildman–Crippen MR) is 76.8 cm³/mol. The van der Waals surface area contributed by atoms with E-state index in [0.717, 1.165) is 18.0 Å². The van der Waals surface area contributed by atoms with E-state index in [1.165, 1.54) is 23.4 Å². The standard InChI is InChI=1S/C14H24N2S/c1-11(2)15-7-5-6-8-17-14-10-12(3)9-13(4)16-14/h9-11,15H,5-8H2,1-4H3. The van der Waals surface area contributed by atoms with Crippen molar-refractivity contribution in [2.24, 2.45) is 0 Å². The smallest absolute Gasteiger partial charge is 0.0965 e. The zero-order valence-electron chi connectivity index (χ0n) is 11.4. The van der Waals surface area contributed by atoms with E-state index >= 15 is 0 Å². The molecule has 0 unspecified atom stereocenters. The van der Waals surface area contributed by atoms with Gasteiger partial charge in [0.25, 0.3) is 0 Å². The minimum atomic E-state index is 0.601. The Morgan fingerprint density at radius 2 is 2.00 bits per heavy atom. The topological polar surface area (TPSA) is 24.9 Å². The van der Waals surface area contributed by atoms with Gasteiger partial charge in [-0.2, -0.15) is 0 Å². The molecular formula is C14H24N2S. The Kier molecular flexibility index (Phi) is 6.60. The summed E-state index contributed by atoms with van der Waals surface area (Å²) < 4.78 is 0. The third kappa shape index (κ3) is 6.69. The number of pyridine rings is 1. The molecule has 96 valence electrons. The molecule has 3 heteroatoms. The zero-order chi connectivity index (χ0) is 12.7. The van der Waals surface area contributed by atoms with E-state index in [9.17, 15) is 0 Å². The first-order valence-corrected chi connectivity index (χ1v) is 7.38. The second kappa shape index (κ2) is 7.72. The summed E-state index contributed by atoms with van der Waals surface area (Å²) in [6.45, 7) is 9.69. The first-order valence-electron chi connectivity index (χ1n) is 6.39. The Hall–Kier alpha value is -0.540. The summed E-state index contributed by atoms with van der Waals surface area (Å²) in [4.78, 5) is 4.53. The Balaban J connectivity index is 2.18. The van der Waals surface area contributed by atoms with Crippen LogP contribution in [0.4, 0.5) is 0 Å². The highest BCUT2D eigenvalue weighted by Gasteiger charge is 1.99.